The lowest BCUT2D eigenvalue weighted by Gasteiger charge is -2.45. The average Bonchev–Trinajstić information content (AvgIpc) is 3.15. The summed E-state index contributed by atoms with van der Waals surface area (Å²) in [6.07, 6.45) is 1.16. The Morgan fingerprint density at radius 3 is 2.11 bits per heavy atom. The highest BCUT2D eigenvalue weighted by molar-refractivity contribution is 5.84. The van der Waals surface area contributed by atoms with Crippen molar-refractivity contribution in [1.82, 2.24) is 0 Å². The molecule has 0 amide bonds. The zero-order valence-corrected chi connectivity index (χ0v) is 23.8. The highest BCUT2D eigenvalue weighted by Crippen LogP contribution is 2.48. The van der Waals surface area contributed by atoms with E-state index in [4.69, 9.17) is 13.9 Å². The Hall–Kier alpha value is -2.75. The summed E-state index contributed by atoms with van der Waals surface area (Å²) in [5.41, 5.74) is 0.331. The van der Waals surface area contributed by atoms with Crippen molar-refractivity contribution in [2.45, 2.75) is 93.8 Å². The van der Waals surface area contributed by atoms with E-state index in [1.54, 1.807) is 0 Å². The zero-order valence-electron chi connectivity index (χ0n) is 23.8. The second-order valence-electron chi connectivity index (χ2n) is 13.3. The molecule has 1 aromatic heterocycles. The van der Waals surface area contributed by atoms with Gasteiger partial charge in [-0.3, -0.25) is 4.79 Å². The van der Waals surface area contributed by atoms with Gasteiger partial charge in [0.15, 0.2) is 0 Å². The van der Waals surface area contributed by atoms with Crippen LogP contribution < -0.4 is 4.74 Å². The van der Waals surface area contributed by atoms with E-state index < -0.39 is 11.0 Å². The molecular formula is C32H44O4. The predicted octanol–water partition coefficient (Wildman–Crippen LogP) is 9.07. The molecule has 3 aromatic rings. The third kappa shape index (κ3) is 6.72. The first-order valence-electron chi connectivity index (χ1n) is 13.0. The molecule has 0 saturated heterocycles. The molecule has 1 heterocycles. The summed E-state index contributed by atoms with van der Waals surface area (Å²) < 4.78 is 18.5. The van der Waals surface area contributed by atoms with Gasteiger partial charge in [0.2, 0.25) is 0 Å². The van der Waals surface area contributed by atoms with Crippen molar-refractivity contribution >= 4 is 16.9 Å². The van der Waals surface area contributed by atoms with Gasteiger partial charge in [0.1, 0.15) is 22.7 Å². The summed E-state index contributed by atoms with van der Waals surface area (Å²) in [6, 6.07) is 18.0. The molecule has 0 bridgehead atoms. The molecule has 2 unspecified atom stereocenters. The fraction of sp³-hybridized carbons (Fsp3) is 0.531. The smallest absolute Gasteiger partial charge is 0.312 e. The number of esters is 1. The van der Waals surface area contributed by atoms with E-state index in [2.05, 4.69) is 41.5 Å². The molecule has 2 aromatic carbocycles. The molecule has 0 fully saturated rings. The number of fused-ring (bicyclic) bond motifs is 1. The lowest BCUT2D eigenvalue weighted by molar-refractivity contribution is -0.180. The average molecular weight is 493 g/mol. The van der Waals surface area contributed by atoms with Gasteiger partial charge in [-0.1, -0.05) is 71.9 Å². The van der Waals surface area contributed by atoms with Gasteiger partial charge in [0.25, 0.3) is 0 Å². The third-order valence-electron chi connectivity index (χ3n) is 7.02. The van der Waals surface area contributed by atoms with Crippen LogP contribution in [0.15, 0.2) is 59.0 Å². The largest absolute Gasteiger partial charge is 0.490 e. The Labute approximate surface area is 217 Å². The van der Waals surface area contributed by atoms with Gasteiger partial charge >= 0.3 is 5.97 Å². The van der Waals surface area contributed by atoms with Crippen LogP contribution in [0.2, 0.25) is 0 Å². The lowest BCUT2D eigenvalue weighted by Crippen LogP contribution is -2.47. The summed E-state index contributed by atoms with van der Waals surface area (Å²) in [6.45, 7) is 20.8. The lowest BCUT2D eigenvalue weighted by atomic mass is 9.61. The van der Waals surface area contributed by atoms with Crippen LogP contribution in [0.25, 0.3) is 22.3 Å². The van der Waals surface area contributed by atoms with Crippen molar-refractivity contribution < 1.29 is 18.7 Å². The highest BCUT2D eigenvalue weighted by atomic mass is 16.6. The Balaban J connectivity index is 1.69. The van der Waals surface area contributed by atoms with Gasteiger partial charge in [-0.15, -0.1) is 0 Å². The maximum absolute atomic E-state index is 13.5. The van der Waals surface area contributed by atoms with Crippen molar-refractivity contribution in [3.8, 4) is 17.1 Å². The van der Waals surface area contributed by atoms with Gasteiger partial charge in [0.05, 0.1) is 11.5 Å². The molecule has 0 saturated carbocycles. The minimum Gasteiger partial charge on any atom is -0.490 e. The number of benzene rings is 2. The quantitative estimate of drug-likeness (QED) is 0.294. The molecular weight excluding hydrogens is 448 g/mol. The predicted molar refractivity (Wildman–Crippen MR) is 148 cm³/mol. The maximum Gasteiger partial charge on any atom is 0.312 e. The number of ether oxygens (including phenoxy) is 2. The normalized spacial score (nSPS) is 15.4. The monoisotopic (exact) mass is 492 g/mol. The van der Waals surface area contributed by atoms with Crippen LogP contribution >= 0.6 is 0 Å². The standard InChI is InChI=1S/C32H44O4/c1-22(20-31(8,9)36-28(33)32(10,30(5,6)7)21-29(2,3)4)34-25-17-16-24-18-26(35-27(24)19-25)23-14-12-11-13-15-23/h11-19,22H,20-21H2,1-10H3. The second-order valence-corrected chi connectivity index (χ2v) is 13.3. The number of rotatable bonds is 8. The van der Waals surface area contributed by atoms with Gasteiger partial charge in [-0.25, -0.2) is 0 Å². The Morgan fingerprint density at radius 1 is 0.889 bits per heavy atom. The fourth-order valence-corrected chi connectivity index (χ4v) is 4.91. The molecule has 0 aliphatic heterocycles. The molecule has 0 spiro atoms. The third-order valence-corrected chi connectivity index (χ3v) is 7.02. The summed E-state index contributed by atoms with van der Waals surface area (Å²) >= 11 is 0. The van der Waals surface area contributed by atoms with Crippen molar-refractivity contribution in [3.05, 3.63) is 54.6 Å². The molecule has 4 nitrogen and oxygen atoms in total. The Kier molecular flexibility index (Phi) is 7.70. The first-order chi connectivity index (χ1) is 16.5. The molecule has 0 aliphatic carbocycles. The fourth-order valence-electron chi connectivity index (χ4n) is 4.91. The van der Waals surface area contributed by atoms with Crippen LogP contribution in [0.1, 0.15) is 82.1 Å². The Bertz CT molecular complexity index is 1170. The highest BCUT2D eigenvalue weighted by Gasteiger charge is 2.49. The van der Waals surface area contributed by atoms with Crippen LogP contribution in [0.3, 0.4) is 0 Å². The summed E-state index contributed by atoms with van der Waals surface area (Å²) in [4.78, 5) is 13.5. The second kappa shape index (κ2) is 9.95. The van der Waals surface area contributed by atoms with Crippen molar-refractivity contribution in [3.63, 3.8) is 0 Å². The molecule has 36 heavy (non-hydrogen) atoms. The number of carbonyl (C=O) groups excluding carboxylic acids is 1. The molecule has 0 aliphatic rings. The minimum absolute atomic E-state index is 0.00642. The van der Waals surface area contributed by atoms with Gasteiger partial charge in [-0.05, 0) is 63.1 Å². The molecule has 2 atom stereocenters. The SMILES string of the molecule is CC(CC(C)(C)OC(=O)C(C)(CC(C)(C)C)C(C)(C)C)Oc1ccc2cc(-c3ccccc3)oc2c1. The van der Waals surface area contributed by atoms with Crippen LogP contribution in [0.5, 0.6) is 5.75 Å². The molecule has 3 rings (SSSR count). The van der Waals surface area contributed by atoms with E-state index in [9.17, 15) is 4.79 Å². The van der Waals surface area contributed by atoms with E-state index in [0.717, 1.165) is 34.5 Å². The van der Waals surface area contributed by atoms with Gasteiger partial charge < -0.3 is 13.9 Å². The summed E-state index contributed by atoms with van der Waals surface area (Å²) in [5, 5.41) is 1.03. The van der Waals surface area contributed by atoms with Crippen LogP contribution in [0, 0.1) is 16.2 Å². The van der Waals surface area contributed by atoms with Crippen molar-refractivity contribution in [1.29, 1.82) is 0 Å². The van der Waals surface area contributed by atoms with Gasteiger partial charge in [-0.2, -0.15) is 0 Å². The van der Waals surface area contributed by atoms with E-state index in [1.807, 2.05) is 82.3 Å². The summed E-state index contributed by atoms with van der Waals surface area (Å²) in [5.74, 6) is 1.42. The van der Waals surface area contributed by atoms with Gasteiger partial charge in [0, 0.05) is 23.4 Å². The molecule has 0 N–H and O–H groups in total. The van der Waals surface area contributed by atoms with E-state index in [0.29, 0.717) is 6.42 Å². The maximum atomic E-state index is 13.5. The van der Waals surface area contributed by atoms with Crippen molar-refractivity contribution in [2.24, 2.45) is 16.2 Å². The molecule has 0 radical (unpaired) electrons. The molecule has 4 heteroatoms. The zero-order chi connectivity index (χ0) is 26.9. The van der Waals surface area contributed by atoms with E-state index in [-0.39, 0.29) is 22.9 Å². The topological polar surface area (TPSA) is 48.7 Å². The van der Waals surface area contributed by atoms with Crippen LogP contribution in [-0.4, -0.2) is 17.7 Å². The number of hydrogen-bond acceptors (Lipinski definition) is 4. The Morgan fingerprint density at radius 2 is 1.53 bits per heavy atom. The van der Waals surface area contributed by atoms with Crippen LogP contribution in [-0.2, 0) is 9.53 Å². The van der Waals surface area contributed by atoms with Crippen molar-refractivity contribution in [2.75, 3.05) is 0 Å². The first kappa shape index (κ1) is 27.8. The van der Waals surface area contributed by atoms with E-state index in [1.165, 1.54) is 0 Å². The number of carbonyl (C=O) groups is 1. The first-order valence-corrected chi connectivity index (χ1v) is 13.0. The number of hydrogen-bond donors (Lipinski definition) is 0. The minimum atomic E-state index is -0.670. The van der Waals surface area contributed by atoms with Crippen LogP contribution in [0.4, 0.5) is 0 Å². The summed E-state index contributed by atoms with van der Waals surface area (Å²) in [7, 11) is 0. The number of furan rings is 1. The van der Waals surface area contributed by atoms with E-state index >= 15 is 0 Å². The molecule has 196 valence electrons.